The SMILES string of the molecule is CCOc1cccc(C=CCCNC(C)=O)c1. The maximum atomic E-state index is 10.6. The predicted octanol–water partition coefficient (Wildman–Crippen LogP) is 2.62. The van der Waals surface area contributed by atoms with Crippen LogP contribution in [0.2, 0.25) is 0 Å². The lowest BCUT2D eigenvalue weighted by atomic mass is 10.2. The summed E-state index contributed by atoms with van der Waals surface area (Å²) in [5, 5.41) is 2.75. The maximum absolute atomic E-state index is 10.6. The van der Waals surface area contributed by atoms with Crippen LogP contribution >= 0.6 is 0 Å². The van der Waals surface area contributed by atoms with Crippen LogP contribution in [0.3, 0.4) is 0 Å². The molecule has 1 rings (SSSR count). The van der Waals surface area contributed by atoms with E-state index in [1.165, 1.54) is 6.92 Å². The summed E-state index contributed by atoms with van der Waals surface area (Å²) in [5.74, 6) is 0.897. The fraction of sp³-hybridized carbons (Fsp3) is 0.357. The third kappa shape index (κ3) is 5.76. The van der Waals surface area contributed by atoms with E-state index in [-0.39, 0.29) is 5.91 Å². The van der Waals surface area contributed by atoms with E-state index in [0.717, 1.165) is 17.7 Å². The second kappa shape index (κ2) is 7.49. The maximum Gasteiger partial charge on any atom is 0.216 e. The van der Waals surface area contributed by atoms with Gasteiger partial charge in [0, 0.05) is 13.5 Å². The molecule has 92 valence electrons. The van der Waals surface area contributed by atoms with Gasteiger partial charge < -0.3 is 10.1 Å². The van der Waals surface area contributed by atoms with Crippen molar-refractivity contribution < 1.29 is 9.53 Å². The Morgan fingerprint density at radius 3 is 3.00 bits per heavy atom. The van der Waals surface area contributed by atoms with Crippen molar-refractivity contribution >= 4 is 12.0 Å². The summed E-state index contributed by atoms with van der Waals surface area (Å²) in [5.41, 5.74) is 1.11. The molecular weight excluding hydrogens is 214 g/mol. The second-order valence-corrected chi connectivity index (χ2v) is 3.68. The van der Waals surface area contributed by atoms with Gasteiger partial charge in [0.05, 0.1) is 6.61 Å². The zero-order chi connectivity index (χ0) is 12.5. The minimum atomic E-state index is 0.0109. The average molecular weight is 233 g/mol. The number of nitrogens with one attached hydrogen (secondary N) is 1. The molecule has 1 aromatic carbocycles. The first-order valence-corrected chi connectivity index (χ1v) is 5.86. The molecule has 0 saturated carbocycles. The van der Waals surface area contributed by atoms with Crippen molar-refractivity contribution in [2.75, 3.05) is 13.2 Å². The van der Waals surface area contributed by atoms with Gasteiger partial charge in [-0.05, 0) is 31.0 Å². The highest BCUT2D eigenvalue weighted by molar-refractivity contribution is 5.72. The van der Waals surface area contributed by atoms with Gasteiger partial charge >= 0.3 is 0 Å². The lowest BCUT2D eigenvalue weighted by Gasteiger charge is -2.03. The zero-order valence-corrected chi connectivity index (χ0v) is 10.4. The van der Waals surface area contributed by atoms with E-state index in [2.05, 4.69) is 5.32 Å². The first-order valence-electron chi connectivity index (χ1n) is 5.86. The fourth-order valence-corrected chi connectivity index (χ4v) is 1.43. The van der Waals surface area contributed by atoms with Gasteiger partial charge in [0.1, 0.15) is 5.75 Å². The summed E-state index contributed by atoms with van der Waals surface area (Å²) in [6.07, 6.45) is 4.91. The molecule has 0 spiro atoms. The molecule has 0 aliphatic carbocycles. The van der Waals surface area contributed by atoms with E-state index < -0.39 is 0 Å². The summed E-state index contributed by atoms with van der Waals surface area (Å²) in [6, 6.07) is 7.94. The molecule has 17 heavy (non-hydrogen) atoms. The first-order chi connectivity index (χ1) is 8.22. The van der Waals surface area contributed by atoms with Crippen LogP contribution in [0.5, 0.6) is 5.75 Å². The van der Waals surface area contributed by atoms with Gasteiger partial charge in [0.25, 0.3) is 0 Å². The number of rotatable bonds is 6. The number of hydrogen-bond donors (Lipinski definition) is 1. The lowest BCUT2D eigenvalue weighted by Crippen LogP contribution is -2.20. The molecule has 3 nitrogen and oxygen atoms in total. The summed E-state index contributed by atoms with van der Waals surface area (Å²) >= 11 is 0. The summed E-state index contributed by atoms with van der Waals surface area (Å²) < 4.78 is 5.41. The Hall–Kier alpha value is -1.77. The van der Waals surface area contributed by atoms with Crippen molar-refractivity contribution in [3.05, 3.63) is 35.9 Å². The van der Waals surface area contributed by atoms with Crippen molar-refractivity contribution in [3.8, 4) is 5.75 Å². The van der Waals surface area contributed by atoms with Crippen LogP contribution < -0.4 is 10.1 Å². The average Bonchev–Trinajstić information content (AvgIpc) is 2.29. The van der Waals surface area contributed by atoms with Crippen LogP contribution in [0.25, 0.3) is 6.08 Å². The van der Waals surface area contributed by atoms with Crippen LogP contribution in [-0.4, -0.2) is 19.1 Å². The molecule has 0 heterocycles. The Labute approximate surface area is 102 Å². The first kappa shape index (κ1) is 13.3. The molecule has 0 aliphatic heterocycles. The summed E-state index contributed by atoms with van der Waals surface area (Å²) in [6.45, 7) is 4.85. The zero-order valence-electron chi connectivity index (χ0n) is 10.4. The van der Waals surface area contributed by atoms with Crippen molar-refractivity contribution in [2.24, 2.45) is 0 Å². The Kier molecular flexibility index (Phi) is 5.86. The number of benzene rings is 1. The van der Waals surface area contributed by atoms with E-state index in [0.29, 0.717) is 13.2 Å². The highest BCUT2D eigenvalue weighted by atomic mass is 16.5. The van der Waals surface area contributed by atoms with Crippen molar-refractivity contribution in [1.29, 1.82) is 0 Å². The molecule has 0 aliphatic rings. The minimum Gasteiger partial charge on any atom is -0.494 e. The molecule has 3 heteroatoms. The van der Waals surface area contributed by atoms with Crippen molar-refractivity contribution in [3.63, 3.8) is 0 Å². The van der Waals surface area contributed by atoms with Crippen LogP contribution in [-0.2, 0) is 4.79 Å². The number of ether oxygens (including phenoxy) is 1. The Morgan fingerprint density at radius 1 is 1.47 bits per heavy atom. The van der Waals surface area contributed by atoms with Gasteiger partial charge in [-0.3, -0.25) is 4.79 Å². The largest absolute Gasteiger partial charge is 0.494 e. The third-order valence-electron chi connectivity index (χ3n) is 2.16. The highest BCUT2D eigenvalue weighted by Gasteiger charge is 1.92. The van der Waals surface area contributed by atoms with E-state index >= 15 is 0 Å². The summed E-state index contributed by atoms with van der Waals surface area (Å²) in [4.78, 5) is 10.6. The topological polar surface area (TPSA) is 38.3 Å². The van der Waals surface area contributed by atoms with Crippen LogP contribution in [0.4, 0.5) is 0 Å². The van der Waals surface area contributed by atoms with Gasteiger partial charge in [0.2, 0.25) is 5.91 Å². The normalized spacial score (nSPS) is 10.5. The van der Waals surface area contributed by atoms with E-state index in [1.807, 2.05) is 43.3 Å². The molecule has 0 saturated heterocycles. The molecule has 0 bridgehead atoms. The highest BCUT2D eigenvalue weighted by Crippen LogP contribution is 2.14. The van der Waals surface area contributed by atoms with Gasteiger partial charge in [0.15, 0.2) is 0 Å². The van der Waals surface area contributed by atoms with Crippen LogP contribution in [0.1, 0.15) is 25.8 Å². The van der Waals surface area contributed by atoms with E-state index in [9.17, 15) is 4.79 Å². The molecule has 1 amide bonds. The number of carbonyl (C=O) groups excluding carboxylic acids is 1. The number of hydrogen-bond acceptors (Lipinski definition) is 2. The molecule has 0 atom stereocenters. The van der Waals surface area contributed by atoms with Crippen molar-refractivity contribution in [2.45, 2.75) is 20.3 Å². The van der Waals surface area contributed by atoms with Gasteiger partial charge in [-0.1, -0.05) is 24.3 Å². The molecule has 0 fully saturated rings. The summed E-state index contributed by atoms with van der Waals surface area (Å²) in [7, 11) is 0. The Balaban J connectivity index is 2.42. The smallest absolute Gasteiger partial charge is 0.216 e. The standard InChI is InChI=1S/C14H19NO2/c1-3-17-14-9-6-8-13(11-14)7-4-5-10-15-12(2)16/h4,6-9,11H,3,5,10H2,1-2H3,(H,15,16). The van der Waals surface area contributed by atoms with Crippen molar-refractivity contribution in [1.82, 2.24) is 5.32 Å². The van der Waals surface area contributed by atoms with E-state index in [4.69, 9.17) is 4.74 Å². The molecule has 1 aromatic rings. The molecule has 0 aromatic heterocycles. The fourth-order valence-electron chi connectivity index (χ4n) is 1.43. The lowest BCUT2D eigenvalue weighted by molar-refractivity contribution is -0.118. The predicted molar refractivity (Wildman–Crippen MR) is 69.9 cm³/mol. The van der Waals surface area contributed by atoms with Crippen LogP contribution in [0, 0.1) is 0 Å². The van der Waals surface area contributed by atoms with Gasteiger partial charge in [-0.15, -0.1) is 0 Å². The van der Waals surface area contributed by atoms with Crippen LogP contribution in [0.15, 0.2) is 30.3 Å². The van der Waals surface area contributed by atoms with Gasteiger partial charge in [-0.2, -0.15) is 0 Å². The van der Waals surface area contributed by atoms with E-state index in [1.54, 1.807) is 0 Å². The number of amides is 1. The second-order valence-electron chi connectivity index (χ2n) is 3.68. The number of carbonyl (C=O) groups is 1. The Bertz CT molecular complexity index is 386. The molecule has 0 unspecified atom stereocenters. The molecule has 0 radical (unpaired) electrons. The monoisotopic (exact) mass is 233 g/mol. The minimum absolute atomic E-state index is 0.0109. The molecule has 1 N–H and O–H groups in total. The third-order valence-corrected chi connectivity index (χ3v) is 2.16. The molecular formula is C14H19NO2. The quantitative estimate of drug-likeness (QED) is 0.767. The van der Waals surface area contributed by atoms with Gasteiger partial charge in [-0.25, -0.2) is 0 Å². The Morgan fingerprint density at radius 2 is 2.29 bits per heavy atom.